The van der Waals surface area contributed by atoms with Crippen LogP contribution in [0.25, 0.3) is 0 Å². The zero-order chi connectivity index (χ0) is 29.3. The van der Waals surface area contributed by atoms with E-state index in [1.54, 1.807) is 39.5 Å². The summed E-state index contributed by atoms with van der Waals surface area (Å²) in [6.07, 6.45) is 1.28. The largest absolute Gasteiger partial charge is 0.459 e. The third-order valence-electron chi connectivity index (χ3n) is 6.56. The molecule has 1 N–H and O–H groups in total. The number of amides is 1. The van der Waals surface area contributed by atoms with Crippen LogP contribution < -0.4 is 5.32 Å². The fourth-order valence-electron chi connectivity index (χ4n) is 4.77. The summed E-state index contributed by atoms with van der Waals surface area (Å²) in [6, 6.07) is -1.39. The summed E-state index contributed by atoms with van der Waals surface area (Å²) in [5.41, 5.74) is -0.808. The summed E-state index contributed by atoms with van der Waals surface area (Å²) in [7, 11) is 0. The van der Waals surface area contributed by atoms with Gasteiger partial charge in [-0.1, -0.05) is 6.92 Å². The van der Waals surface area contributed by atoms with Gasteiger partial charge in [-0.05, 0) is 77.2 Å². The lowest BCUT2D eigenvalue weighted by molar-refractivity contribution is -0.152. The Bertz CT molecular complexity index is 1130. The number of carbonyl (C=O) groups is 4. The fourth-order valence-corrected chi connectivity index (χ4v) is 5.04. The Labute approximate surface area is 238 Å². The molecule has 1 aromatic rings. The first-order chi connectivity index (χ1) is 18.0. The van der Waals surface area contributed by atoms with Gasteiger partial charge in [-0.25, -0.2) is 14.8 Å². The number of esters is 1. The maximum Gasteiger partial charge on any atom is 0.410 e. The van der Waals surface area contributed by atoms with E-state index in [4.69, 9.17) is 9.47 Å². The SMILES string of the molecule is CCC(=O)C(C(=O)c1nc(Br)c(C)nc1NCC(=O)OC(C)(C)C)N1CCN(C(=O)OC(C)(C)C)C2CCC21. The third-order valence-corrected chi connectivity index (χ3v) is 7.31. The molecule has 0 bridgehead atoms. The minimum Gasteiger partial charge on any atom is -0.459 e. The van der Waals surface area contributed by atoms with Crippen molar-refractivity contribution in [3.63, 3.8) is 0 Å². The van der Waals surface area contributed by atoms with Crippen LogP contribution in [0.1, 0.15) is 83.9 Å². The average Bonchev–Trinajstić information content (AvgIpc) is 2.77. The maximum atomic E-state index is 14.0. The van der Waals surface area contributed by atoms with Crippen molar-refractivity contribution in [1.29, 1.82) is 0 Å². The predicted molar refractivity (Wildman–Crippen MR) is 149 cm³/mol. The molecule has 0 radical (unpaired) electrons. The van der Waals surface area contributed by atoms with Crippen LogP contribution in [-0.4, -0.2) is 92.4 Å². The lowest BCUT2D eigenvalue weighted by Crippen LogP contribution is -2.70. The number of hydrogen-bond acceptors (Lipinski definition) is 10. The molecule has 1 saturated heterocycles. The molecule has 0 spiro atoms. The molecule has 39 heavy (non-hydrogen) atoms. The quantitative estimate of drug-likeness (QED) is 0.263. The van der Waals surface area contributed by atoms with Gasteiger partial charge in [0.05, 0.1) is 11.7 Å². The Morgan fingerprint density at radius 2 is 1.62 bits per heavy atom. The van der Waals surface area contributed by atoms with Crippen LogP contribution in [-0.2, 0) is 19.1 Å². The molecule has 2 heterocycles. The highest BCUT2D eigenvalue weighted by Crippen LogP contribution is 2.37. The Hall–Kier alpha value is -2.60. The molecule has 12 heteroatoms. The lowest BCUT2D eigenvalue weighted by Gasteiger charge is -2.55. The third kappa shape index (κ3) is 7.53. The first-order valence-electron chi connectivity index (χ1n) is 13.3. The van der Waals surface area contributed by atoms with Gasteiger partial charge in [0, 0.05) is 25.6 Å². The maximum absolute atomic E-state index is 14.0. The number of nitrogens with zero attached hydrogens (tertiary/aromatic N) is 4. The minimum atomic E-state index is -1.09. The molecular weight excluding hydrogens is 570 g/mol. The van der Waals surface area contributed by atoms with E-state index in [9.17, 15) is 19.2 Å². The highest BCUT2D eigenvalue weighted by molar-refractivity contribution is 9.10. The molecule has 3 atom stereocenters. The number of anilines is 1. The molecule has 1 aliphatic carbocycles. The molecule has 1 saturated carbocycles. The highest BCUT2D eigenvalue weighted by Gasteiger charge is 2.50. The van der Waals surface area contributed by atoms with E-state index in [-0.39, 0.29) is 48.4 Å². The Morgan fingerprint density at radius 1 is 1.00 bits per heavy atom. The summed E-state index contributed by atoms with van der Waals surface area (Å²) >= 11 is 3.35. The molecule has 2 aliphatic rings. The van der Waals surface area contributed by atoms with Crippen LogP contribution in [0.4, 0.5) is 10.6 Å². The molecular formula is C27H40BrN5O6. The number of halogens is 1. The van der Waals surface area contributed by atoms with Gasteiger partial charge in [-0.15, -0.1) is 0 Å². The molecule has 1 aliphatic heterocycles. The topological polar surface area (TPSA) is 131 Å². The second-order valence-corrected chi connectivity index (χ2v) is 12.7. The van der Waals surface area contributed by atoms with Gasteiger partial charge in [0.15, 0.2) is 17.3 Å². The van der Waals surface area contributed by atoms with Crippen LogP contribution in [0.2, 0.25) is 0 Å². The van der Waals surface area contributed by atoms with Crippen LogP contribution in [0.15, 0.2) is 4.60 Å². The molecule has 3 rings (SSSR count). The highest BCUT2D eigenvalue weighted by atomic mass is 79.9. The number of ether oxygens (including phenoxy) is 2. The lowest BCUT2D eigenvalue weighted by atomic mass is 9.80. The van der Waals surface area contributed by atoms with E-state index >= 15 is 0 Å². The molecule has 3 unspecified atom stereocenters. The standard InChI is InChI=1S/C27H40BrN5O6/c1-9-18(34)21(32-12-13-33(17-11-10-16(17)32)25(37)39-27(6,7)8)22(36)20-24(30-15(2)23(28)31-20)29-14-19(35)38-26(3,4)5/h16-17,21H,9-14H2,1-8H3,(H,29,30). The number of nitrogens with one attached hydrogen (secondary N) is 1. The molecule has 216 valence electrons. The first-order valence-corrected chi connectivity index (χ1v) is 14.1. The summed E-state index contributed by atoms with van der Waals surface area (Å²) in [6.45, 7) is 14.6. The van der Waals surface area contributed by atoms with Crippen LogP contribution in [0.5, 0.6) is 0 Å². The summed E-state index contributed by atoms with van der Waals surface area (Å²) in [4.78, 5) is 65.0. The Balaban J connectivity index is 1.88. The van der Waals surface area contributed by atoms with Crippen molar-refractivity contribution >= 4 is 45.4 Å². The number of Topliss-reactive ketones (excluding diaryl/α,β-unsaturated/α-hetero) is 2. The van der Waals surface area contributed by atoms with Crippen molar-refractivity contribution in [2.75, 3.05) is 25.0 Å². The van der Waals surface area contributed by atoms with Gasteiger partial charge >= 0.3 is 12.1 Å². The number of aromatic nitrogens is 2. The molecule has 1 amide bonds. The van der Waals surface area contributed by atoms with Crippen LogP contribution in [0.3, 0.4) is 0 Å². The first kappa shape index (κ1) is 30.9. The van der Waals surface area contributed by atoms with Crippen molar-refractivity contribution in [2.24, 2.45) is 0 Å². The number of carbonyl (C=O) groups excluding carboxylic acids is 4. The normalized spacial score (nSPS) is 20.4. The Morgan fingerprint density at radius 3 is 2.15 bits per heavy atom. The van der Waals surface area contributed by atoms with Gasteiger partial charge in [0.25, 0.3) is 0 Å². The van der Waals surface area contributed by atoms with E-state index in [1.807, 2.05) is 25.7 Å². The van der Waals surface area contributed by atoms with Gasteiger partial charge < -0.3 is 19.7 Å². The smallest absolute Gasteiger partial charge is 0.410 e. The second-order valence-electron chi connectivity index (χ2n) is 11.9. The average molecular weight is 611 g/mol. The molecule has 11 nitrogen and oxygen atoms in total. The molecule has 1 aromatic heterocycles. The van der Waals surface area contributed by atoms with Gasteiger partial charge in [-0.2, -0.15) is 0 Å². The van der Waals surface area contributed by atoms with Crippen molar-refractivity contribution in [3.8, 4) is 0 Å². The molecule has 0 aromatic carbocycles. The monoisotopic (exact) mass is 609 g/mol. The van der Waals surface area contributed by atoms with E-state index in [2.05, 4.69) is 31.2 Å². The van der Waals surface area contributed by atoms with Crippen LogP contribution >= 0.6 is 15.9 Å². The predicted octanol–water partition coefficient (Wildman–Crippen LogP) is 3.92. The number of ketones is 2. The van der Waals surface area contributed by atoms with E-state index < -0.39 is 29.0 Å². The number of fused-ring (bicyclic) bond motifs is 1. The number of rotatable bonds is 8. The zero-order valence-corrected chi connectivity index (χ0v) is 25.7. The Kier molecular flexibility index (Phi) is 9.42. The number of aryl methyl sites for hydroxylation is 1. The number of hydrogen-bond donors (Lipinski definition) is 1. The van der Waals surface area contributed by atoms with Crippen LogP contribution in [0, 0.1) is 6.92 Å². The summed E-state index contributed by atoms with van der Waals surface area (Å²) < 4.78 is 11.3. The van der Waals surface area contributed by atoms with Crippen molar-refractivity contribution in [3.05, 3.63) is 16.0 Å². The second kappa shape index (κ2) is 11.9. The van der Waals surface area contributed by atoms with Gasteiger partial charge in [0.2, 0.25) is 5.78 Å². The van der Waals surface area contributed by atoms with E-state index in [0.29, 0.717) is 23.4 Å². The van der Waals surface area contributed by atoms with Crippen molar-refractivity contribution in [1.82, 2.24) is 19.8 Å². The van der Waals surface area contributed by atoms with Crippen molar-refractivity contribution < 1.29 is 28.7 Å². The molecule has 2 fully saturated rings. The van der Waals surface area contributed by atoms with Gasteiger partial charge in [0.1, 0.15) is 28.4 Å². The van der Waals surface area contributed by atoms with E-state index in [0.717, 1.165) is 12.8 Å². The number of piperazine rings is 1. The summed E-state index contributed by atoms with van der Waals surface area (Å²) in [5, 5.41) is 2.89. The van der Waals surface area contributed by atoms with Gasteiger partial charge in [-0.3, -0.25) is 19.3 Å². The zero-order valence-electron chi connectivity index (χ0n) is 24.1. The summed E-state index contributed by atoms with van der Waals surface area (Å²) in [5.74, 6) is -1.15. The van der Waals surface area contributed by atoms with E-state index in [1.165, 1.54) is 0 Å². The van der Waals surface area contributed by atoms with Crippen molar-refractivity contribution in [2.45, 2.75) is 104 Å². The fraction of sp³-hybridized carbons (Fsp3) is 0.704. The minimum absolute atomic E-state index is 0.0340.